The zero-order chi connectivity index (χ0) is 26.9. The van der Waals surface area contributed by atoms with Crippen molar-refractivity contribution in [2.75, 3.05) is 19.6 Å². The molecule has 4 rings (SSSR count). The summed E-state index contributed by atoms with van der Waals surface area (Å²) in [5.41, 5.74) is 3.57. The van der Waals surface area contributed by atoms with E-state index in [0.717, 1.165) is 65.3 Å². The van der Waals surface area contributed by atoms with Crippen LogP contribution in [0.1, 0.15) is 54.7 Å². The molecule has 0 aliphatic heterocycles. The van der Waals surface area contributed by atoms with Crippen LogP contribution in [0.5, 0.6) is 0 Å². The summed E-state index contributed by atoms with van der Waals surface area (Å²) in [5.74, 6) is 1.24. The topological polar surface area (TPSA) is 88.8 Å². The minimum absolute atomic E-state index is 0.108. The molecule has 3 heterocycles. The Labute approximate surface area is 232 Å². The summed E-state index contributed by atoms with van der Waals surface area (Å²) in [6.45, 7) is 11.7. The fourth-order valence-electron chi connectivity index (χ4n) is 4.22. The molecule has 1 amide bonds. The molecular formula is C28H35N7OS2. The maximum Gasteiger partial charge on any atom is 0.270 e. The summed E-state index contributed by atoms with van der Waals surface area (Å²) >= 11 is 3.06. The van der Waals surface area contributed by atoms with E-state index in [4.69, 9.17) is 0 Å². The van der Waals surface area contributed by atoms with E-state index in [1.165, 1.54) is 11.3 Å². The Morgan fingerprint density at radius 3 is 2.63 bits per heavy atom. The number of hydrogen-bond acceptors (Lipinski definition) is 8. The molecule has 1 unspecified atom stereocenters. The first-order valence-electron chi connectivity index (χ1n) is 13.0. The summed E-state index contributed by atoms with van der Waals surface area (Å²) in [6, 6.07) is 12.2. The van der Waals surface area contributed by atoms with Crippen LogP contribution in [0.4, 0.5) is 0 Å². The molecule has 38 heavy (non-hydrogen) atoms. The highest BCUT2D eigenvalue weighted by atomic mass is 32.2. The maximum absolute atomic E-state index is 12.8. The highest BCUT2D eigenvalue weighted by Gasteiger charge is 2.19. The second-order valence-corrected chi connectivity index (χ2v) is 11.0. The van der Waals surface area contributed by atoms with Crippen LogP contribution in [0.25, 0.3) is 17.1 Å². The number of hydrogen-bond donors (Lipinski definition) is 1. The Hall–Kier alpha value is -3.08. The predicted molar refractivity (Wildman–Crippen MR) is 155 cm³/mol. The zero-order valence-electron chi connectivity index (χ0n) is 22.4. The molecule has 0 spiro atoms. The van der Waals surface area contributed by atoms with Crippen molar-refractivity contribution in [3.63, 3.8) is 0 Å². The van der Waals surface area contributed by atoms with Crippen LogP contribution in [-0.2, 0) is 5.75 Å². The predicted octanol–water partition coefficient (Wildman–Crippen LogP) is 5.63. The molecule has 10 heteroatoms. The van der Waals surface area contributed by atoms with Gasteiger partial charge in [0.1, 0.15) is 10.7 Å². The van der Waals surface area contributed by atoms with E-state index in [0.29, 0.717) is 11.4 Å². The molecule has 0 radical (unpaired) electrons. The van der Waals surface area contributed by atoms with Gasteiger partial charge >= 0.3 is 0 Å². The van der Waals surface area contributed by atoms with E-state index in [9.17, 15) is 4.79 Å². The third kappa shape index (κ3) is 7.06. The lowest BCUT2D eigenvalue weighted by Crippen LogP contribution is -2.33. The highest BCUT2D eigenvalue weighted by molar-refractivity contribution is 7.98. The Kier molecular flexibility index (Phi) is 10.0. The number of thioether (sulfide) groups is 1. The number of pyridine rings is 1. The Morgan fingerprint density at radius 2 is 1.89 bits per heavy atom. The number of carbonyl (C=O) groups excluding carboxylic acids is 1. The number of rotatable bonds is 13. The lowest BCUT2D eigenvalue weighted by Gasteiger charge is -2.19. The van der Waals surface area contributed by atoms with Gasteiger partial charge in [0.05, 0.1) is 11.4 Å². The molecule has 1 N–H and O–H groups in total. The molecule has 0 fully saturated rings. The third-order valence-electron chi connectivity index (χ3n) is 6.42. The lowest BCUT2D eigenvalue weighted by molar-refractivity contribution is 0.0932. The number of nitrogens with one attached hydrogen (secondary N) is 1. The van der Waals surface area contributed by atoms with Crippen molar-refractivity contribution in [1.29, 1.82) is 0 Å². The standard InChI is InChI=1S/C28H35N7OS2/c1-5-34(6-2)17-9-11-21(4)30-27(36)23-18-37-25(31-23)19-38-28-33-32-26(22-13-15-29-16-14-22)35(28)24-12-8-7-10-20(24)3/h7-8,10,12-16,18,21H,5-6,9,11,17,19H2,1-4H3,(H,30,36). The van der Waals surface area contributed by atoms with Crippen molar-refractivity contribution in [3.05, 3.63) is 70.4 Å². The Morgan fingerprint density at radius 1 is 1.13 bits per heavy atom. The zero-order valence-corrected chi connectivity index (χ0v) is 24.1. The van der Waals surface area contributed by atoms with E-state index in [2.05, 4.69) is 74.8 Å². The molecule has 3 aromatic heterocycles. The summed E-state index contributed by atoms with van der Waals surface area (Å²) in [7, 11) is 0. The minimum Gasteiger partial charge on any atom is -0.348 e. The van der Waals surface area contributed by atoms with Gasteiger partial charge in [0.2, 0.25) is 0 Å². The van der Waals surface area contributed by atoms with Gasteiger partial charge in [-0.3, -0.25) is 14.3 Å². The number of nitrogens with zero attached hydrogens (tertiary/aromatic N) is 6. The SMILES string of the molecule is CCN(CC)CCCC(C)NC(=O)c1csc(CSc2nnc(-c3ccncc3)n2-c2ccccc2C)n1. The van der Waals surface area contributed by atoms with Gasteiger partial charge in [-0.2, -0.15) is 0 Å². The maximum atomic E-state index is 12.8. The van der Waals surface area contributed by atoms with Gasteiger partial charge in [-0.1, -0.05) is 43.8 Å². The fraction of sp³-hybridized carbons (Fsp3) is 0.393. The average Bonchev–Trinajstić information content (AvgIpc) is 3.58. The third-order valence-corrected chi connectivity index (χ3v) is 8.39. The van der Waals surface area contributed by atoms with Crippen LogP contribution in [0.2, 0.25) is 0 Å². The molecule has 0 aliphatic rings. The second-order valence-electron chi connectivity index (χ2n) is 9.12. The van der Waals surface area contributed by atoms with Gasteiger partial charge in [-0.05, 0) is 70.1 Å². The van der Waals surface area contributed by atoms with Crippen molar-refractivity contribution in [1.82, 2.24) is 34.9 Å². The number of aromatic nitrogens is 5. The molecule has 0 bridgehead atoms. The van der Waals surface area contributed by atoms with Gasteiger partial charge in [0.25, 0.3) is 5.91 Å². The lowest BCUT2D eigenvalue weighted by atomic mass is 10.1. The molecule has 0 aliphatic carbocycles. The second kappa shape index (κ2) is 13.6. The van der Waals surface area contributed by atoms with Crippen molar-refractivity contribution < 1.29 is 4.79 Å². The summed E-state index contributed by atoms with van der Waals surface area (Å²) in [5, 5.41) is 15.6. The normalized spacial score (nSPS) is 12.1. The van der Waals surface area contributed by atoms with Crippen molar-refractivity contribution in [2.24, 2.45) is 0 Å². The molecule has 8 nitrogen and oxygen atoms in total. The number of thiazole rings is 1. The number of amides is 1. The van der Waals surface area contributed by atoms with E-state index >= 15 is 0 Å². The summed E-state index contributed by atoms with van der Waals surface area (Å²) < 4.78 is 2.08. The van der Waals surface area contributed by atoms with Crippen LogP contribution in [-0.4, -0.2) is 61.2 Å². The molecule has 1 atom stereocenters. The van der Waals surface area contributed by atoms with E-state index < -0.39 is 0 Å². The van der Waals surface area contributed by atoms with Crippen molar-refractivity contribution in [3.8, 4) is 17.1 Å². The minimum atomic E-state index is -0.115. The first-order chi connectivity index (χ1) is 18.5. The van der Waals surface area contributed by atoms with Crippen molar-refractivity contribution >= 4 is 29.0 Å². The largest absolute Gasteiger partial charge is 0.348 e. The number of carbonyl (C=O) groups is 1. The van der Waals surface area contributed by atoms with Crippen LogP contribution in [0.15, 0.2) is 59.3 Å². The average molecular weight is 550 g/mol. The van der Waals surface area contributed by atoms with Gasteiger partial charge < -0.3 is 10.2 Å². The molecule has 200 valence electrons. The van der Waals surface area contributed by atoms with Gasteiger partial charge in [0, 0.05) is 29.4 Å². The molecule has 1 aromatic carbocycles. The monoisotopic (exact) mass is 549 g/mol. The van der Waals surface area contributed by atoms with Crippen LogP contribution in [0.3, 0.4) is 0 Å². The van der Waals surface area contributed by atoms with E-state index in [-0.39, 0.29) is 11.9 Å². The van der Waals surface area contributed by atoms with Gasteiger partial charge in [-0.25, -0.2) is 4.98 Å². The molecule has 0 saturated carbocycles. The quantitative estimate of drug-likeness (QED) is 0.216. The first kappa shape index (κ1) is 27.9. The number of para-hydroxylation sites is 1. The van der Waals surface area contributed by atoms with Crippen LogP contribution >= 0.6 is 23.1 Å². The number of aryl methyl sites for hydroxylation is 1. The number of benzene rings is 1. The molecular weight excluding hydrogens is 514 g/mol. The summed E-state index contributed by atoms with van der Waals surface area (Å²) in [4.78, 5) is 23.9. The van der Waals surface area contributed by atoms with Crippen LogP contribution in [0, 0.1) is 6.92 Å². The van der Waals surface area contributed by atoms with E-state index in [1.54, 1.807) is 24.2 Å². The summed E-state index contributed by atoms with van der Waals surface area (Å²) in [6.07, 6.45) is 5.52. The Bertz CT molecular complexity index is 1320. The fourth-order valence-corrected chi connectivity index (χ4v) is 5.96. The first-order valence-corrected chi connectivity index (χ1v) is 14.9. The van der Waals surface area contributed by atoms with Crippen LogP contribution < -0.4 is 5.32 Å². The highest BCUT2D eigenvalue weighted by Crippen LogP contribution is 2.31. The molecule has 4 aromatic rings. The van der Waals surface area contributed by atoms with Gasteiger partial charge in [-0.15, -0.1) is 21.5 Å². The Balaban J connectivity index is 1.42. The van der Waals surface area contributed by atoms with Crippen molar-refractivity contribution in [2.45, 2.75) is 57.5 Å². The molecule has 0 saturated heterocycles. The van der Waals surface area contributed by atoms with Gasteiger partial charge in [0.15, 0.2) is 11.0 Å². The van der Waals surface area contributed by atoms with E-state index in [1.807, 2.05) is 29.6 Å². The smallest absolute Gasteiger partial charge is 0.270 e.